The predicted octanol–water partition coefficient (Wildman–Crippen LogP) is 1.86. The lowest BCUT2D eigenvalue weighted by Crippen LogP contribution is -2.47. The van der Waals surface area contributed by atoms with Gasteiger partial charge in [-0.2, -0.15) is 5.10 Å². The smallest absolute Gasteiger partial charge is 0.319 e. The Morgan fingerprint density at radius 3 is 2.64 bits per heavy atom. The number of aromatic amines is 1. The summed E-state index contributed by atoms with van der Waals surface area (Å²) in [7, 11) is 2.05. The molecule has 0 bridgehead atoms. The van der Waals surface area contributed by atoms with Gasteiger partial charge in [0, 0.05) is 55.6 Å². The molecule has 0 spiro atoms. The van der Waals surface area contributed by atoms with E-state index in [1.165, 1.54) is 0 Å². The summed E-state index contributed by atoms with van der Waals surface area (Å²) in [5, 5.41) is 12.8. The van der Waals surface area contributed by atoms with E-state index >= 15 is 0 Å². The number of hydrogen-bond acceptors (Lipinski definition) is 4. The zero-order chi connectivity index (χ0) is 20.1. The number of piperazine rings is 1. The Hall–Kier alpha value is -2.87. The van der Waals surface area contributed by atoms with Gasteiger partial charge in [0.05, 0.1) is 5.69 Å². The summed E-state index contributed by atoms with van der Waals surface area (Å²) < 4.78 is 0. The minimum atomic E-state index is -0.302. The Morgan fingerprint density at radius 1 is 1.21 bits per heavy atom. The molecule has 0 radical (unpaired) electrons. The van der Waals surface area contributed by atoms with Crippen LogP contribution in [0.3, 0.4) is 0 Å². The van der Waals surface area contributed by atoms with E-state index in [1.807, 2.05) is 24.8 Å². The Bertz CT molecular complexity index is 826. The largest absolute Gasteiger partial charge is 0.336 e. The van der Waals surface area contributed by atoms with E-state index in [9.17, 15) is 9.59 Å². The Morgan fingerprint density at radius 2 is 1.96 bits per heavy atom. The summed E-state index contributed by atoms with van der Waals surface area (Å²) in [6, 6.07) is 8.66. The van der Waals surface area contributed by atoms with Gasteiger partial charge in [0.1, 0.15) is 0 Å². The summed E-state index contributed by atoms with van der Waals surface area (Å²) in [6.45, 7) is 7.06. The minimum Gasteiger partial charge on any atom is -0.336 e. The van der Waals surface area contributed by atoms with Crippen LogP contribution in [0.25, 0.3) is 0 Å². The normalized spacial score (nSPS) is 15.9. The number of nitrogens with one attached hydrogen (secondary N) is 3. The maximum Gasteiger partial charge on any atom is 0.319 e. The lowest BCUT2D eigenvalue weighted by molar-refractivity contribution is 0.0664. The third-order valence-corrected chi connectivity index (χ3v) is 4.81. The SMILES string of the molecule is Cc1cc(C[C@@H](C)NC(=O)Nc2cccc(C(=O)N3CCN(C)CC3)c2)n[nH]1. The van der Waals surface area contributed by atoms with Gasteiger partial charge in [-0.05, 0) is 45.2 Å². The number of nitrogens with zero attached hydrogens (tertiary/aromatic N) is 3. The molecule has 1 saturated heterocycles. The molecule has 1 aromatic carbocycles. The zero-order valence-electron chi connectivity index (χ0n) is 16.7. The molecule has 0 unspecified atom stereocenters. The predicted molar refractivity (Wildman–Crippen MR) is 108 cm³/mol. The molecule has 28 heavy (non-hydrogen) atoms. The van der Waals surface area contributed by atoms with E-state index in [0.29, 0.717) is 17.7 Å². The number of benzene rings is 1. The Labute approximate surface area is 165 Å². The fourth-order valence-electron chi connectivity index (χ4n) is 3.26. The average Bonchev–Trinajstić information content (AvgIpc) is 3.06. The molecule has 2 heterocycles. The van der Waals surface area contributed by atoms with Crippen molar-refractivity contribution >= 4 is 17.6 Å². The minimum absolute atomic E-state index is 0.000529. The highest BCUT2D eigenvalue weighted by atomic mass is 16.2. The first-order valence-electron chi connectivity index (χ1n) is 9.57. The number of likely N-dealkylation sites (N-methyl/N-ethyl adjacent to an activating group) is 1. The van der Waals surface area contributed by atoms with Gasteiger partial charge in [0.25, 0.3) is 5.91 Å². The first-order chi connectivity index (χ1) is 13.4. The number of anilines is 1. The van der Waals surface area contributed by atoms with Crippen molar-refractivity contribution in [1.82, 2.24) is 25.3 Å². The van der Waals surface area contributed by atoms with Crippen LogP contribution in [0.4, 0.5) is 10.5 Å². The van der Waals surface area contributed by atoms with Crippen LogP contribution < -0.4 is 10.6 Å². The highest BCUT2D eigenvalue weighted by Crippen LogP contribution is 2.14. The highest BCUT2D eigenvalue weighted by molar-refractivity contribution is 5.97. The fraction of sp³-hybridized carbons (Fsp3) is 0.450. The van der Waals surface area contributed by atoms with E-state index in [2.05, 4.69) is 32.8 Å². The Balaban J connectivity index is 1.54. The van der Waals surface area contributed by atoms with E-state index in [1.54, 1.807) is 24.3 Å². The number of aryl methyl sites for hydroxylation is 1. The molecule has 2 aromatic rings. The molecular formula is C20H28N6O2. The van der Waals surface area contributed by atoms with Gasteiger partial charge in [-0.15, -0.1) is 0 Å². The molecule has 1 aliphatic rings. The molecule has 3 N–H and O–H groups in total. The number of aromatic nitrogens is 2. The summed E-state index contributed by atoms with van der Waals surface area (Å²) in [6.07, 6.45) is 0.639. The van der Waals surface area contributed by atoms with Gasteiger partial charge in [0.2, 0.25) is 0 Å². The van der Waals surface area contributed by atoms with Gasteiger partial charge in [-0.25, -0.2) is 4.79 Å². The van der Waals surface area contributed by atoms with Crippen LogP contribution in [-0.4, -0.2) is 71.2 Å². The summed E-state index contributed by atoms with van der Waals surface area (Å²) in [4.78, 5) is 29.0. The molecule has 1 atom stereocenters. The van der Waals surface area contributed by atoms with Crippen LogP contribution in [-0.2, 0) is 6.42 Å². The van der Waals surface area contributed by atoms with Crippen molar-refractivity contribution in [3.05, 3.63) is 47.3 Å². The molecule has 1 fully saturated rings. The summed E-state index contributed by atoms with van der Waals surface area (Å²) >= 11 is 0. The van der Waals surface area contributed by atoms with Gasteiger partial charge in [-0.3, -0.25) is 9.89 Å². The van der Waals surface area contributed by atoms with Crippen LogP contribution in [0.1, 0.15) is 28.7 Å². The van der Waals surface area contributed by atoms with Crippen LogP contribution >= 0.6 is 0 Å². The van der Waals surface area contributed by atoms with Crippen molar-refractivity contribution in [2.45, 2.75) is 26.3 Å². The molecule has 3 rings (SSSR count). The zero-order valence-corrected chi connectivity index (χ0v) is 16.7. The van der Waals surface area contributed by atoms with Gasteiger partial charge in [-0.1, -0.05) is 6.07 Å². The van der Waals surface area contributed by atoms with Crippen LogP contribution in [0.2, 0.25) is 0 Å². The van der Waals surface area contributed by atoms with Crippen LogP contribution in [0.5, 0.6) is 0 Å². The standard InChI is InChI=1S/C20H28N6O2/c1-14(11-18-12-15(2)23-24-18)21-20(28)22-17-6-4-5-16(13-17)19(27)26-9-7-25(3)8-10-26/h4-6,12-14H,7-11H2,1-3H3,(H,23,24)(H2,21,22,28)/t14-/m1/s1. The molecule has 3 amide bonds. The third-order valence-electron chi connectivity index (χ3n) is 4.81. The molecule has 0 aliphatic carbocycles. The lowest BCUT2D eigenvalue weighted by Gasteiger charge is -2.32. The van der Waals surface area contributed by atoms with E-state index in [-0.39, 0.29) is 18.0 Å². The number of carbonyl (C=O) groups excluding carboxylic acids is 2. The highest BCUT2D eigenvalue weighted by Gasteiger charge is 2.20. The second-order valence-corrected chi connectivity index (χ2v) is 7.42. The van der Waals surface area contributed by atoms with E-state index in [0.717, 1.165) is 37.6 Å². The van der Waals surface area contributed by atoms with E-state index < -0.39 is 0 Å². The van der Waals surface area contributed by atoms with Crippen molar-refractivity contribution in [2.75, 3.05) is 38.5 Å². The van der Waals surface area contributed by atoms with Crippen LogP contribution in [0, 0.1) is 6.92 Å². The first-order valence-corrected chi connectivity index (χ1v) is 9.57. The molecule has 1 aliphatic heterocycles. The van der Waals surface area contributed by atoms with Crippen molar-refractivity contribution < 1.29 is 9.59 Å². The topological polar surface area (TPSA) is 93.4 Å². The number of amides is 3. The van der Waals surface area contributed by atoms with Gasteiger partial charge >= 0.3 is 6.03 Å². The quantitative estimate of drug-likeness (QED) is 0.734. The number of carbonyl (C=O) groups is 2. The van der Waals surface area contributed by atoms with E-state index in [4.69, 9.17) is 0 Å². The third kappa shape index (κ3) is 5.32. The molecule has 0 saturated carbocycles. The first kappa shape index (κ1) is 19.9. The molecule has 150 valence electrons. The monoisotopic (exact) mass is 384 g/mol. The van der Waals surface area contributed by atoms with Crippen molar-refractivity contribution in [2.24, 2.45) is 0 Å². The second kappa shape index (κ2) is 8.88. The van der Waals surface area contributed by atoms with Crippen molar-refractivity contribution in [3.8, 4) is 0 Å². The Kier molecular flexibility index (Phi) is 6.30. The second-order valence-electron chi connectivity index (χ2n) is 7.42. The lowest BCUT2D eigenvalue weighted by atomic mass is 10.1. The molecule has 8 nitrogen and oxygen atoms in total. The maximum atomic E-state index is 12.7. The molecular weight excluding hydrogens is 356 g/mol. The van der Waals surface area contributed by atoms with Crippen molar-refractivity contribution in [1.29, 1.82) is 0 Å². The number of urea groups is 1. The molecule has 8 heteroatoms. The summed E-state index contributed by atoms with van der Waals surface area (Å²) in [5.74, 6) is -0.000529. The van der Waals surface area contributed by atoms with Crippen LogP contribution in [0.15, 0.2) is 30.3 Å². The van der Waals surface area contributed by atoms with Gasteiger partial charge < -0.3 is 20.4 Å². The number of H-pyrrole nitrogens is 1. The maximum absolute atomic E-state index is 12.7. The fourth-order valence-corrected chi connectivity index (χ4v) is 3.26. The number of rotatable bonds is 5. The average molecular weight is 384 g/mol. The van der Waals surface area contributed by atoms with Crippen molar-refractivity contribution in [3.63, 3.8) is 0 Å². The molecule has 1 aromatic heterocycles. The summed E-state index contributed by atoms with van der Waals surface area (Å²) in [5.41, 5.74) is 3.08. The van der Waals surface area contributed by atoms with Gasteiger partial charge in [0.15, 0.2) is 0 Å². The number of hydrogen-bond donors (Lipinski definition) is 3.